The van der Waals surface area contributed by atoms with Crippen LogP contribution in [0.5, 0.6) is 0 Å². The Kier molecular flexibility index (Phi) is 2.19. The number of hydrogen-bond acceptors (Lipinski definition) is 2. The van der Waals surface area contributed by atoms with Crippen LogP contribution in [0.25, 0.3) is 21.5 Å². The Bertz CT molecular complexity index is 658. The van der Waals surface area contributed by atoms with Crippen LogP contribution in [-0.2, 0) is 0 Å². The molecule has 3 N–H and O–H groups in total. The van der Waals surface area contributed by atoms with Gasteiger partial charge in [-0.1, -0.05) is 0 Å². The number of rotatable bonds is 1. The van der Waals surface area contributed by atoms with Gasteiger partial charge in [0.1, 0.15) is 5.82 Å². The van der Waals surface area contributed by atoms with Gasteiger partial charge in [0.25, 0.3) is 0 Å². The molecule has 0 unspecified atom stereocenters. The van der Waals surface area contributed by atoms with E-state index < -0.39 is 0 Å². The molecule has 0 aliphatic heterocycles. The predicted octanol–water partition coefficient (Wildman–Crippen LogP) is 3.93. The topological polar surface area (TPSA) is 41.8 Å². The molecule has 0 bridgehead atoms. The number of aromatic nitrogens is 1. The number of H-pyrrole nitrogens is 1. The Balaban J connectivity index is 2.19. The van der Waals surface area contributed by atoms with Gasteiger partial charge in [0.15, 0.2) is 0 Å². The fourth-order valence-electron chi connectivity index (χ4n) is 1.87. The Morgan fingerprint density at radius 3 is 2.76 bits per heavy atom. The average Bonchev–Trinajstić information content (AvgIpc) is 2.85. The van der Waals surface area contributed by atoms with E-state index in [2.05, 4.69) is 23.4 Å². The quantitative estimate of drug-likeness (QED) is 0.628. The molecule has 1 aromatic carbocycles. The summed E-state index contributed by atoms with van der Waals surface area (Å²) in [6.45, 7) is 2.06. The number of nitrogen functional groups attached to an aromatic ring is 1. The molecule has 0 atom stereocenters. The van der Waals surface area contributed by atoms with Crippen LogP contribution in [0.3, 0.4) is 0 Å². The van der Waals surface area contributed by atoms with Crippen LogP contribution >= 0.6 is 11.3 Å². The van der Waals surface area contributed by atoms with E-state index in [1.54, 1.807) is 17.4 Å². The summed E-state index contributed by atoms with van der Waals surface area (Å²) < 4.78 is 13.3. The minimum absolute atomic E-state index is 0.174. The standard InChI is InChI=1S/C13H11FN2S/c1-7-2-13(17-6-7)12-4-8-3-9(14)10(15)5-11(8)16-12/h2-6,16H,15H2,1H3. The smallest absolute Gasteiger partial charge is 0.146 e. The summed E-state index contributed by atoms with van der Waals surface area (Å²) in [7, 11) is 0. The molecule has 2 nitrogen and oxygen atoms in total. The van der Waals surface area contributed by atoms with Crippen LogP contribution in [-0.4, -0.2) is 4.98 Å². The van der Waals surface area contributed by atoms with Gasteiger partial charge in [-0.2, -0.15) is 0 Å². The third-order valence-electron chi connectivity index (χ3n) is 2.73. The van der Waals surface area contributed by atoms with Crippen molar-refractivity contribution in [2.75, 3.05) is 5.73 Å². The molecule has 0 aliphatic rings. The van der Waals surface area contributed by atoms with Gasteiger partial charge in [0.2, 0.25) is 0 Å². The molecule has 0 fully saturated rings. The van der Waals surface area contributed by atoms with E-state index in [9.17, 15) is 4.39 Å². The number of nitrogens with two attached hydrogens (primary N) is 1. The van der Waals surface area contributed by atoms with Gasteiger partial charge in [0, 0.05) is 10.9 Å². The van der Waals surface area contributed by atoms with Gasteiger partial charge in [-0.15, -0.1) is 11.3 Å². The van der Waals surface area contributed by atoms with Gasteiger partial charge in [-0.3, -0.25) is 0 Å². The summed E-state index contributed by atoms with van der Waals surface area (Å²) in [5.74, 6) is -0.370. The molecule has 4 heteroatoms. The van der Waals surface area contributed by atoms with Crippen LogP contribution in [0.2, 0.25) is 0 Å². The first-order valence-electron chi connectivity index (χ1n) is 5.27. The lowest BCUT2D eigenvalue weighted by molar-refractivity contribution is 0.634. The number of benzene rings is 1. The van der Waals surface area contributed by atoms with Crippen molar-refractivity contribution in [3.8, 4) is 10.6 Å². The second kappa shape index (κ2) is 3.60. The first-order chi connectivity index (χ1) is 8.13. The normalized spacial score (nSPS) is 11.2. The van der Waals surface area contributed by atoms with E-state index in [-0.39, 0.29) is 11.5 Å². The van der Waals surface area contributed by atoms with E-state index >= 15 is 0 Å². The third-order valence-corrected chi connectivity index (χ3v) is 3.82. The van der Waals surface area contributed by atoms with Crippen LogP contribution < -0.4 is 5.73 Å². The maximum absolute atomic E-state index is 13.3. The number of anilines is 1. The molecule has 0 radical (unpaired) electrons. The fourth-order valence-corrected chi connectivity index (χ4v) is 2.75. The lowest BCUT2D eigenvalue weighted by Crippen LogP contribution is -1.88. The van der Waals surface area contributed by atoms with E-state index in [1.807, 2.05) is 6.07 Å². The molecule has 3 rings (SSSR count). The van der Waals surface area contributed by atoms with Gasteiger partial charge in [-0.05, 0) is 42.1 Å². The van der Waals surface area contributed by atoms with Gasteiger partial charge >= 0.3 is 0 Å². The molecular formula is C13H11FN2S. The number of nitrogens with one attached hydrogen (secondary N) is 1. The number of aromatic amines is 1. The molecule has 2 heterocycles. The molecule has 86 valence electrons. The highest BCUT2D eigenvalue weighted by molar-refractivity contribution is 7.13. The summed E-state index contributed by atoms with van der Waals surface area (Å²) >= 11 is 1.67. The molecule has 17 heavy (non-hydrogen) atoms. The van der Waals surface area contributed by atoms with Crippen LogP contribution in [0.15, 0.2) is 29.6 Å². The van der Waals surface area contributed by atoms with Crippen LogP contribution in [0, 0.1) is 12.7 Å². The monoisotopic (exact) mass is 246 g/mol. The molecule has 2 aromatic heterocycles. The second-order valence-electron chi connectivity index (χ2n) is 4.13. The van der Waals surface area contributed by atoms with Gasteiger partial charge in [-0.25, -0.2) is 4.39 Å². The molecule has 0 spiro atoms. The Hall–Kier alpha value is -1.81. The highest BCUT2D eigenvalue weighted by Gasteiger charge is 2.08. The van der Waals surface area contributed by atoms with Crippen molar-refractivity contribution in [3.05, 3.63) is 41.0 Å². The summed E-state index contributed by atoms with van der Waals surface area (Å²) in [6, 6.07) is 7.15. The van der Waals surface area contributed by atoms with Crippen LogP contribution in [0.1, 0.15) is 5.56 Å². The summed E-state index contributed by atoms with van der Waals surface area (Å²) in [5.41, 5.74) is 8.82. The maximum atomic E-state index is 13.3. The molecule has 0 amide bonds. The lowest BCUT2D eigenvalue weighted by atomic mass is 10.2. The highest BCUT2D eigenvalue weighted by Crippen LogP contribution is 2.30. The van der Waals surface area contributed by atoms with Crippen molar-refractivity contribution in [1.82, 2.24) is 4.98 Å². The van der Waals surface area contributed by atoms with Gasteiger partial charge in [0.05, 0.1) is 16.3 Å². The zero-order chi connectivity index (χ0) is 12.0. The van der Waals surface area contributed by atoms with Crippen molar-refractivity contribution < 1.29 is 4.39 Å². The van der Waals surface area contributed by atoms with Crippen molar-refractivity contribution in [1.29, 1.82) is 0 Å². The van der Waals surface area contributed by atoms with E-state index in [0.717, 1.165) is 21.5 Å². The van der Waals surface area contributed by atoms with E-state index in [0.29, 0.717) is 0 Å². The minimum Gasteiger partial charge on any atom is -0.396 e. The molecule has 3 aromatic rings. The first-order valence-corrected chi connectivity index (χ1v) is 6.15. The minimum atomic E-state index is -0.370. The average molecular weight is 246 g/mol. The Labute approximate surface area is 102 Å². The zero-order valence-electron chi connectivity index (χ0n) is 9.25. The summed E-state index contributed by atoms with van der Waals surface area (Å²) in [4.78, 5) is 4.41. The molecule has 0 aliphatic carbocycles. The summed E-state index contributed by atoms with van der Waals surface area (Å²) in [6.07, 6.45) is 0. The SMILES string of the molecule is Cc1csc(-c2cc3cc(F)c(N)cc3[nH]2)c1. The van der Waals surface area contributed by atoms with Crippen molar-refractivity contribution in [3.63, 3.8) is 0 Å². The number of aryl methyl sites for hydroxylation is 1. The second-order valence-corrected chi connectivity index (χ2v) is 5.04. The van der Waals surface area contributed by atoms with E-state index in [4.69, 9.17) is 5.73 Å². The first kappa shape index (κ1) is 10.4. The third kappa shape index (κ3) is 1.70. The van der Waals surface area contributed by atoms with Crippen molar-refractivity contribution >= 4 is 27.9 Å². The largest absolute Gasteiger partial charge is 0.396 e. The maximum Gasteiger partial charge on any atom is 0.146 e. The Morgan fingerprint density at radius 2 is 2.06 bits per heavy atom. The molecule has 0 saturated heterocycles. The lowest BCUT2D eigenvalue weighted by Gasteiger charge is -1.95. The number of thiophene rings is 1. The zero-order valence-corrected chi connectivity index (χ0v) is 10.1. The van der Waals surface area contributed by atoms with Crippen molar-refractivity contribution in [2.24, 2.45) is 0 Å². The van der Waals surface area contributed by atoms with Crippen LogP contribution in [0.4, 0.5) is 10.1 Å². The molecular weight excluding hydrogens is 235 g/mol. The van der Waals surface area contributed by atoms with E-state index in [1.165, 1.54) is 11.6 Å². The number of halogens is 1. The van der Waals surface area contributed by atoms with Gasteiger partial charge < -0.3 is 10.7 Å². The number of hydrogen-bond donors (Lipinski definition) is 2. The predicted molar refractivity (Wildman–Crippen MR) is 70.7 cm³/mol. The summed E-state index contributed by atoms with van der Waals surface area (Å²) in [5, 5.41) is 2.94. The number of fused-ring (bicyclic) bond motifs is 1. The fraction of sp³-hybridized carbons (Fsp3) is 0.0769. The molecule has 0 saturated carbocycles. The van der Waals surface area contributed by atoms with Crippen molar-refractivity contribution in [2.45, 2.75) is 6.92 Å². The Morgan fingerprint density at radius 1 is 1.24 bits per heavy atom. The highest BCUT2D eigenvalue weighted by atomic mass is 32.1.